The van der Waals surface area contributed by atoms with Crippen LogP contribution in [-0.4, -0.2) is 23.7 Å². The third-order valence-electron chi connectivity index (χ3n) is 3.89. The highest BCUT2D eigenvalue weighted by Crippen LogP contribution is 2.35. The van der Waals surface area contributed by atoms with Crippen molar-refractivity contribution in [3.63, 3.8) is 0 Å². The lowest BCUT2D eigenvalue weighted by Gasteiger charge is -1.97. The number of hydrogen-bond donors (Lipinski definition) is 0. The van der Waals surface area contributed by atoms with Crippen LogP contribution in [0.2, 0.25) is 0 Å². The molecule has 5 rings (SSSR count). The highest BCUT2D eigenvalue weighted by Gasteiger charge is 2.16. The minimum absolute atomic E-state index is 0.231. The Kier molecular flexibility index (Phi) is 3.09. The van der Waals surface area contributed by atoms with E-state index < -0.39 is 0 Å². The Hall–Kier alpha value is -3.48. The van der Waals surface area contributed by atoms with E-state index in [1.165, 1.54) is 0 Å². The second kappa shape index (κ2) is 5.55. The molecule has 0 saturated heterocycles. The molecule has 3 aromatic rings. The first-order valence-electron chi connectivity index (χ1n) is 7.67. The van der Waals surface area contributed by atoms with Crippen molar-refractivity contribution >= 4 is 12.2 Å². The van der Waals surface area contributed by atoms with E-state index in [2.05, 4.69) is 10.1 Å². The van der Waals surface area contributed by atoms with Crippen LogP contribution in [0.5, 0.6) is 23.0 Å². The molecule has 0 fully saturated rings. The minimum atomic E-state index is 0.231. The maximum absolute atomic E-state index is 5.36. The predicted molar refractivity (Wildman–Crippen MR) is 87.4 cm³/mol. The van der Waals surface area contributed by atoms with Crippen molar-refractivity contribution in [3.05, 3.63) is 47.9 Å². The molecule has 0 saturated carbocycles. The topological polar surface area (TPSA) is 75.8 Å². The quantitative estimate of drug-likeness (QED) is 0.726. The standard InChI is InChI=1S/C18H12N2O5/c1-4-13-15(23-9-21-13)7-11(1)2-6-17-19-18(20-25-17)12-3-5-14-16(8-12)24-10-22-14/h1-8H,9-10H2/b6-2+. The molecule has 0 aliphatic carbocycles. The largest absolute Gasteiger partial charge is 0.454 e. The Balaban J connectivity index is 1.37. The van der Waals surface area contributed by atoms with Crippen molar-refractivity contribution in [2.75, 3.05) is 13.6 Å². The second-order valence-corrected chi connectivity index (χ2v) is 5.47. The lowest BCUT2D eigenvalue weighted by atomic mass is 10.2. The predicted octanol–water partition coefficient (Wildman–Crippen LogP) is 3.36. The Labute approximate surface area is 142 Å². The summed E-state index contributed by atoms with van der Waals surface area (Å²) in [6, 6.07) is 11.2. The Bertz CT molecular complexity index is 979. The third kappa shape index (κ3) is 2.55. The van der Waals surface area contributed by atoms with Gasteiger partial charge in [-0.25, -0.2) is 0 Å². The zero-order valence-electron chi connectivity index (χ0n) is 13.0. The molecule has 0 radical (unpaired) electrons. The van der Waals surface area contributed by atoms with E-state index in [1.54, 1.807) is 6.08 Å². The molecule has 0 N–H and O–H groups in total. The van der Waals surface area contributed by atoms with Gasteiger partial charge in [-0.05, 0) is 42.0 Å². The van der Waals surface area contributed by atoms with Crippen molar-refractivity contribution in [2.24, 2.45) is 0 Å². The summed E-state index contributed by atoms with van der Waals surface area (Å²) in [5, 5.41) is 4.00. The van der Waals surface area contributed by atoms with E-state index in [4.69, 9.17) is 23.5 Å². The van der Waals surface area contributed by atoms with Crippen molar-refractivity contribution in [2.45, 2.75) is 0 Å². The van der Waals surface area contributed by atoms with Gasteiger partial charge in [0.05, 0.1) is 0 Å². The number of nitrogens with zero attached hydrogens (tertiary/aromatic N) is 2. The smallest absolute Gasteiger partial charge is 0.250 e. The summed E-state index contributed by atoms with van der Waals surface area (Å²) in [6.45, 7) is 0.486. The molecular weight excluding hydrogens is 324 g/mol. The summed E-state index contributed by atoms with van der Waals surface area (Å²) in [7, 11) is 0. The highest BCUT2D eigenvalue weighted by atomic mass is 16.7. The van der Waals surface area contributed by atoms with E-state index >= 15 is 0 Å². The van der Waals surface area contributed by atoms with Gasteiger partial charge in [-0.2, -0.15) is 4.98 Å². The van der Waals surface area contributed by atoms with Gasteiger partial charge in [-0.1, -0.05) is 11.2 Å². The number of fused-ring (bicyclic) bond motifs is 2. The zero-order valence-corrected chi connectivity index (χ0v) is 13.0. The van der Waals surface area contributed by atoms with Gasteiger partial charge in [0.1, 0.15) is 0 Å². The average Bonchev–Trinajstić information content (AvgIpc) is 3.38. The fourth-order valence-corrected chi connectivity index (χ4v) is 2.64. The molecule has 0 atom stereocenters. The van der Waals surface area contributed by atoms with Gasteiger partial charge in [0, 0.05) is 11.6 Å². The highest BCUT2D eigenvalue weighted by molar-refractivity contribution is 5.69. The second-order valence-electron chi connectivity index (χ2n) is 5.47. The zero-order chi connectivity index (χ0) is 16.6. The lowest BCUT2D eigenvalue weighted by Crippen LogP contribution is -1.92. The fraction of sp³-hybridized carbons (Fsp3) is 0.111. The number of rotatable bonds is 3. The first-order valence-corrected chi connectivity index (χ1v) is 7.67. The molecule has 1 aromatic heterocycles. The summed E-state index contributed by atoms with van der Waals surface area (Å²) < 4.78 is 26.6. The van der Waals surface area contributed by atoms with Gasteiger partial charge in [-0.15, -0.1) is 0 Å². The average molecular weight is 336 g/mol. The van der Waals surface area contributed by atoms with Crippen LogP contribution in [0.3, 0.4) is 0 Å². The maximum atomic E-state index is 5.36. The van der Waals surface area contributed by atoms with Crippen molar-refractivity contribution in [3.8, 4) is 34.4 Å². The lowest BCUT2D eigenvalue weighted by molar-refractivity contribution is 0.173. The molecule has 25 heavy (non-hydrogen) atoms. The van der Waals surface area contributed by atoms with E-state index in [-0.39, 0.29) is 13.6 Å². The molecule has 124 valence electrons. The first-order chi connectivity index (χ1) is 12.3. The van der Waals surface area contributed by atoms with Gasteiger partial charge in [0.2, 0.25) is 19.4 Å². The molecule has 3 heterocycles. The molecule has 2 aromatic carbocycles. The molecule has 7 nitrogen and oxygen atoms in total. The molecule has 2 aliphatic heterocycles. The molecular formula is C18H12N2O5. The van der Waals surface area contributed by atoms with Gasteiger partial charge in [0.15, 0.2) is 23.0 Å². The Morgan fingerprint density at radius 3 is 2.32 bits per heavy atom. The molecule has 7 heteroatoms. The van der Waals surface area contributed by atoms with Crippen LogP contribution in [0.4, 0.5) is 0 Å². The van der Waals surface area contributed by atoms with Crippen LogP contribution in [0, 0.1) is 0 Å². The van der Waals surface area contributed by atoms with E-state index in [9.17, 15) is 0 Å². The van der Waals surface area contributed by atoms with Crippen LogP contribution in [0.25, 0.3) is 23.5 Å². The monoisotopic (exact) mass is 336 g/mol. The van der Waals surface area contributed by atoms with E-state index in [0.29, 0.717) is 17.5 Å². The Morgan fingerprint density at radius 1 is 0.760 bits per heavy atom. The Morgan fingerprint density at radius 2 is 1.48 bits per heavy atom. The van der Waals surface area contributed by atoms with E-state index in [1.807, 2.05) is 42.5 Å². The summed E-state index contributed by atoms with van der Waals surface area (Å²) in [6.07, 6.45) is 3.62. The van der Waals surface area contributed by atoms with Gasteiger partial charge in [-0.3, -0.25) is 0 Å². The SMILES string of the molecule is C(=C\c1nc(-c2ccc3c(c2)OCO3)no1)/c1ccc2c(c1)OCO2. The van der Waals surface area contributed by atoms with Crippen molar-refractivity contribution in [1.29, 1.82) is 0 Å². The first kappa shape index (κ1) is 13.9. The normalized spacial score (nSPS) is 14.4. The number of ether oxygens (including phenoxy) is 4. The molecule has 0 bridgehead atoms. The van der Waals surface area contributed by atoms with Crippen LogP contribution in [0.15, 0.2) is 40.9 Å². The van der Waals surface area contributed by atoms with Crippen LogP contribution >= 0.6 is 0 Å². The summed E-state index contributed by atoms with van der Waals surface area (Å²) in [4.78, 5) is 4.38. The van der Waals surface area contributed by atoms with Crippen molar-refractivity contribution in [1.82, 2.24) is 10.1 Å². The summed E-state index contributed by atoms with van der Waals surface area (Å²) in [5.74, 6) is 3.78. The molecule has 0 unspecified atom stereocenters. The molecule has 0 amide bonds. The molecule has 2 aliphatic rings. The van der Waals surface area contributed by atoms with Gasteiger partial charge >= 0.3 is 0 Å². The number of hydrogen-bond acceptors (Lipinski definition) is 7. The van der Waals surface area contributed by atoms with Crippen LogP contribution in [-0.2, 0) is 0 Å². The molecule has 0 spiro atoms. The number of aromatic nitrogens is 2. The number of benzene rings is 2. The van der Waals surface area contributed by atoms with E-state index in [0.717, 1.165) is 28.4 Å². The summed E-state index contributed by atoms with van der Waals surface area (Å²) in [5.41, 5.74) is 1.75. The summed E-state index contributed by atoms with van der Waals surface area (Å²) >= 11 is 0. The minimum Gasteiger partial charge on any atom is -0.454 e. The maximum Gasteiger partial charge on any atom is 0.250 e. The van der Waals surface area contributed by atoms with Gasteiger partial charge < -0.3 is 23.5 Å². The third-order valence-corrected chi connectivity index (χ3v) is 3.89. The fourth-order valence-electron chi connectivity index (χ4n) is 2.64. The van der Waals surface area contributed by atoms with Crippen molar-refractivity contribution < 1.29 is 23.5 Å². The van der Waals surface area contributed by atoms with Crippen LogP contribution < -0.4 is 18.9 Å². The van der Waals surface area contributed by atoms with Gasteiger partial charge in [0.25, 0.3) is 5.89 Å². The van der Waals surface area contributed by atoms with Crippen LogP contribution in [0.1, 0.15) is 11.5 Å².